The minimum absolute atomic E-state index is 0.163. The van der Waals surface area contributed by atoms with Crippen LogP contribution in [-0.4, -0.2) is 40.7 Å². The Bertz CT molecular complexity index is 1910. The smallest absolute Gasteiger partial charge is 0.400 e. The Kier molecular flexibility index (Phi) is 11.0. The lowest BCUT2D eigenvalue weighted by Gasteiger charge is -2.21. The summed E-state index contributed by atoms with van der Waals surface area (Å²) in [5.41, 5.74) is 4.27. The molecule has 2 heterocycles. The third-order valence-corrected chi connectivity index (χ3v) is 7.88. The summed E-state index contributed by atoms with van der Waals surface area (Å²) in [6.45, 7) is 5.43. The number of carbonyl (C=O) groups excluding carboxylic acids is 1. The molecule has 1 unspecified atom stereocenters. The van der Waals surface area contributed by atoms with Crippen LogP contribution in [0.15, 0.2) is 93.8 Å². The summed E-state index contributed by atoms with van der Waals surface area (Å²) in [5.74, 6) is 2.41. The number of aromatic nitrogens is 2. The molecule has 6 aromatic rings. The Morgan fingerprint density at radius 3 is 1.65 bits per heavy atom. The molecule has 2 aromatic heterocycles. The molecule has 0 radical (unpaired) electrons. The summed E-state index contributed by atoms with van der Waals surface area (Å²) < 4.78 is 33.4. The predicted molar refractivity (Wildman–Crippen MR) is 182 cm³/mol. The summed E-state index contributed by atoms with van der Waals surface area (Å²) in [6, 6.07) is 26.2. The molecule has 250 valence electrons. The van der Waals surface area contributed by atoms with Gasteiger partial charge in [0.2, 0.25) is 0 Å². The number of nitrogens with zero attached hydrogens (tertiary/aromatic N) is 2. The van der Waals surface area contributed by atoms with Gasteiger partial charge >= 0.3 is 12.2 Å². The van der Waals surface area contributed by atoms with Gasteiger partial charge < -0.3 is 37.7 Å². The summed E-state index contributed by atoms with van der Waals surface area (Å²) in [7, 11) is 3.17. The lowest BCUT2D eigenvalue weighted by atomic mass is 9.94. The first kappa shape index (κ1) is 34.0. The fraction of sp³-hybridized carbons (Fsp3) is 0.289. The lowest BCUT2D eigenvalue weighted by Crippen LogP contribution is -2.23. The number of ketones is 1. The van der Waals surface area contributed by atoms with E-state index in [1.807, 2.05) is 92.7 Å². The summed E-state index contributed by atoms with van der Waals surface area (Å²) in [5, 5.41) is 10.2. The Balaban J connectivity index is 0.000000188. The Morgan fingerprint density at radius 1 is 0.729 bits per heavy atom. The van der Waals surface area contributed by atoms with Crippen LogP contribution in [-0.2, 0) is 17.6 Å². The van der Waals surface area contributed by atoms with Crippen LogP contribution < -0.4 is 18.9 Å². The molecule has 0 amide bonds. The van der Waals surface area contributed by atoms with E-state index in [-0.39, 0.29) is 17.9 Å². The topological polar surface area (TPSA) is 126 Å². The number of Topliss-reactive ketones (excluding diaryl/α,β-unsaturated/α-hetero) is 1. The van der Waals surface area contributed by atoms with Crippen LogP contribution in [0.5, 0.6) is 35.2 Å². The van der Waals surface area contributed by atoms with Crippen molar-refractivity contribution in [1.29, 1.82) is 0 Å². The molecular formula is C38H40N2O8. The average molecular weight is 653 g/mol. The van der Waals surface area contributed by atoms with Gasteiger partial charge in [0.15, 0.2) is 34.2 Å². The highest BCUT2D eigenvalue weighted by atomic mass is 16.6. The number of oxazole rings is 2. The maximum absolute atomic E-state index is 11.1. The van der Waals surface area contributed by atoms with Gasteiger partial charge in [0.1, 0.15) is 16.8 Å². The highest BCUT2D eigenvalue weighted by Crippen LogP contribution is 2.35. The number of para-hydroxylation sites is 4. The maximum Gasteiger partial charge on any atom is 0.400 e. The monoisotopic (exact) mass is 652 g/mol. The van der Waals surface area contributed by atoms with Gasteiger partial charge in [-0.25, -0.2) is 0 Å². The molecule has 0 aliphatic rings. The van der Waals surface area contributed by atoms with Crippen molar-refractivity contribution in [3.05, 3.63) is 96.1 Å². The van der Waals surface area contributed by atoms with E-state index < -0.39 is 5.60 Å². The molecule has 0 aliphatic carbocycles. The van der Waals surface area contributed by atoms with Gasteiger partial charge in [-0.2, -0.15) is 9.97 Å². The number of aliphatic hydroxyl groups is 1. The first-order valence-corrected chi connectivity index (χ1v) is 15.8. The van der Waals surface area contributed by atoms with Crippen molar-refractivity contribution in [3.8, 4) is 35.2 Å². The minimum atomic E-state index is -0.652. The molecule has 0 saturated carbocycles. The van der Waals surface area contributed by atoms with Crippen molar-refractivity contribution in [2.75, 3.05) is 14.2 Å². The van der Waals surface area contributed by atoms with Crippen LogP contribution in [0.4, 0.5) is 0 Å². The first-order valence-electron chi connectivity index (χ1n) is 15.8. The van der Waals surface area contributed by atoms with Gasteiger partial charge in [0.05, 0.1) is 19.8 Å². The third-order valence-electron chi connectivity index (χ3n) is 7.88. The van der Waals surface area contributed by atoms with Crippen molar-refractivity contribution in [1.82, 2.24) is 9.97 Å². The Labute approximate surface area is 279 Å². The quantitative estimate of drug-likeness (QED) is 0.129. The van der Waals surface area contributed by atoms with Crippen molar-refractivity contribution >= 4 is 28.0 Å². The number of methoxy groups -OCH3 is 2. The minimum Gasteiger partial charge on any atom is -0.493 e. The SMILES string of the molecule is CCC(C)(O)CCc1ccc(Oc2nc3ccccc3o2)c(OC)c1.COc1cc(CCC(C)=O)ccc1Oc1nc2ccccc2o1. The van der Waals surface area contributed by atoms with Gasteiger partial charge in [0.25, 0.3) is 0 Å². The van der Waals surface area contributed by atoms with Crippen LogP contribution in [0.1, 0.15) is 51.2 Å². The predicted octanol–water partition coefficient (Wildman–Crippen LogP) is 8.87. The lowest BCUT2D eigenvalue weighted by molar-refractivity contribution is -0.116. The second-order valence-corrected chi connectivity index (χ2v) is 11.6. The van der Waals surface area contributed by atoms with Crippen LogP contribution in [0, 0.1) is 0 Å². The van der Waals surface area contributed by atoms with Crippen molar-refractivity contribution in [2.24, 2.45) is 0 Å². The van der Waals surface area contributed by atoms with Crippen LogP contribution >= 0.6 is 0 Å². The normalized spacial score (nSPS) is 12.2. The number of hydrogen-bond acceptors (Lipinski definition) is 10. The first-order chi connectivity index (χ1) is 23.2. The number of rotatable bonds is 13. The van der Waals surface area contributed by atoms with Gasteiger partial charge in [-0.1, -0.05) is 43.3 Å². The van der Waals surface area contributed by atoms with E-state index in [2.05, 4.69) is 9.97 Å². The van der Waals surface area contributed by atoms with Crippen molar-refractivity contribution in [2.45, 2.75) is 58.5 Å². The molecule has 0 aliphatic heterocycles. The van der Waals surface area contributed by atoms with Gasteiger partial charge in [-0.3, -0.25) is 0 Å². The number of hydrogen-bond donors (Lipinski definition) is 1. The maximum atomic E-state index is 11.1. The van der Waals surface area contributed by atoms with E-state index in [4.69, 9.17) is 27.8 Å². The van der Waals surface area contributed by atoms with Gasteiger partial charge in [-0.05, 0) is 99.2 Å². The number of aryl methyl sites for hydroxylation is 2. The highest BCUT2D eigenvalue weighted by molar-refractivity contribution is 5.76. The zero-order valence-electron chi connectivity index (χ0n) is 27.8. The van der Waals surface area contributed by atoms with Crippen molar-refractivity contribution < 1.29 is 37.7 Å². The van der Waals surface area contributed by atoms with Gasteiger partial charge in [0, 0.05) is 6.42 Å². The molecule has 0 bridgehead atoms. The molecule has 10 nitrogen and oxygen atoms in total. The molecule has 0 spiro atoms. The fourth-order valence-corrected chi connectivity index (χ4v) is 4.79. The molecular weight excluding hydrogens is 612 g/mol. The molecule has 10 heteroatoms. The van der Waals surface area contributed by atoms with Crippen LogP contribution in [0.3, 0.4) is 0 Å². The standard InChI is InChI=1S/C20H23NO4.C18H17NO4/c1-4-20(2,22)12-11-14-9-10-17(18(13-14)23-3)25-19-21-15-7-5-6-8-16(15)24-19;1-12(20)7-8-13-9-10-16(17(11-13)21-2)23-18-19-14-5-3-4-6-15(14)22-18/h5-10,13,22H,4,11-12H2,1-3H3;3-6,9-11H,7-8H2,1-2H3. The number of benzene rings is 4. The third kappa shape index (κ3) is 8.92. The largest absolute Gasteiger partial charge is 0.493 e. The zero-order chi connectivity index (χ0) is 34.1. The molecule has 6 rings (SSSR count). The molecule has 48 heavy (non-hydrogen) atoms. The summed E-state index contributed by atoms with van der Waals surface area (Å²) in [6.07, 6.45) is 3.72. The van der Waals surface area contributed by atoms with E-state index in [1.165, 1.54) is 0 Å². The molecule has 0 fully saturated rings. The number of fused-ring (bicyclic) bond motifs is 2. The van der Waals surface area contributed by atoms with Crippen molar-refractivity contribution in [3.63, 3.8) is 0 Å². The highest BCUT2D eigenvalue weighted by Gasteiger charge is 2.18. The Morgan fingerprint density at radius 2 is 1.21 bits per heavy atom. The van der Waals surface area contributed by atoms with Crippen LogP contribution in [0.25, 0.3) is 22.2 Å². The average Bonchev–Trinajstić information content (AvgIpc) is 3.70. The number of ether oxygens (including phenoxy) is 4. The Hall–Kier alpha value is -5.35. The molecule has 1 N–H and O–H groups in total. The summed E-state index contributed by atoms with van der Waals surface area (Å²) >= 11 is 0. The number of carbonyl (C=O) groups is 1. The van der Waals surface area contributed by atoms with E-state index >= 15 is 0 Å². The zero-order valence-corrected chi connectivity index (χ0v) is 27.8. The van der Waals surface area contributed by atoms with E-state index in [0.717, 1.165) is 35.0 Å². The van der Waals surface area contributed by atoms with Gasteiger partial charge in [-0.15, -0.1) is 0 Å². The van der Waals surface area contributed by atoms with E-state index in [1.54, 1.807) is 27.2 Å². The second kappa shape index (κ2) is 15.5. The summed E-state index contributed by atoms with van der Waals surface area (Å²) in [4.78, 5) is 19.7. The second-order valence-electron chi connectivity index (χ2n) is 11.6. The molecule has 1 atom stereocenters. The fourth-order valence-electron chi connectivity index (χ4n) is 4.79. The van der Waals surface area contributed by atoms with E-state index in [9.17, 15) is 9.90 Å². The molecule has 4 aromatic carbocycles. The van der Waals surface area contributed by atoms with E-state index in [0.29, 0.717) is 53.4 Å². The molecule has 0 saturated heterocycles. The van der Waals surface area contributed by atoms with Crippen LogP contribution in [0.2, 0.25) is 0 Å².